The van der Waals surface area contributed by atoms with E-state index in [4.69, 9.17) is 9.31 Å². The molecule has 0 radical (unpaired) electrons. The largest absolute Gasteiger partial charge is 0.628 e. The van der Waals surface area contributed by atoms with Crippen molar-refractivity contribution in [1.82, 2.24) is 4.90 Å². The van der Waals surface area contributed by atoms with Gasteiger partial charge in [-0.1, -0.05) is 19.4 Å². The zero-order valence-corrected chi connectivity index (χ0v) is 9.64. The van der Waals surface area contributed by atoms with Crippen molar-refractivity contribution in [2.45, 2.75) is 19.8 Å². The molecule has 0 aliphatic carbocycles. The van der Waals surface area contributed by atoms with E-state index in [9.17, 15) is 9.59 Å². The predicted molar refractivity (Wildman–Crippen MR) is 59.5 cm³/mol. The second-order valence-corrected chi connectivity index (χ2v) is 3.74. The molecule has 1 heterocycles. The Bertz CT molecular complexity index is 273. The van der Waals surface area contributed by atoms with Gasteiger partial charge in [-0.15, -0.1) is 0 Å². The lowest BCUT2D eigenvalue weighted by atomic mass is 9.88. The lowest BCUT2D eigenvalue weighted by Crippen LogP contribution is -2.41. The number of allylic oxidation sites excluding steroid dienone is 1. The Morgan fingerprint density at radius 1 is 1.31 bits per heavy atom. The quantitative estimate of drug-likeness (QED) is 0.650. The van der Waals surface area contributed by atoms with Gasteiger partial charge in [0.2, 0.25) is 0 Å². The van der Waals surface area contributed by atoms with Gasteiger partial charge in [-0.25, -0.2) is 0 Å². The van der Waals surface area contributed by atoms with Crippen LogP contribution in [0.3, 0.4) is 0 Å². The number of carbonyl (C=O) groups is 2. The molecule has 6 heteroatoms. The molecule has 0 aromatic rings. The highest BCUT2D eigenvalue weighted by Gasteiger charge is 2.28. The standard InChI is InChI=1S/C10H16BNO4/c1-3-4-5-6-11-15-9(13)7-12(2)8-10(14)16-11/h5-6H,3-4,7-8H2,1-2H3/b6-5+. The van der Waals surface area contributed by atoms with Crippen molar-refractivity contribution >= 4 is 19.1 Å². The van der Waals surface area contributed by atoms with Crippen LogP contribution < -0.4 is 0 Å². The molecule has 0 atom stereocenters. The highest BCUT2D eigenvalue weighted by Crippen LogP contribution is 2.02. The topological polar surface area (TPSA) is 55.8 Å². The van der Waals surface area contributed by atoms with Crippen LogP contribution in [0, 0.1) is 0 Å². The molecule has 0 spiro atoms. The number of likely N-dealkylation sites (N-methyl/N-ethyl adjacent to an activating group) is 1. The van der Waals surface area contributed by atoms with Crippen molar-refractivity contribution in [1.29, 1.82) is 0 Å². The van der Waals surface area contributed by atoms with E-state index < -0.39 is 7.12 Å². The van der Waals surface area contributed by atoms with Gasteiger partial charge in [0.15, 0.2) is 0 Å². The monoisotopic (exact) mass is 225 g/mol. The fraction of sp³-hybridized carbons (Fsp3) is 0.600. The summed E-state index contributed by atoms with van der Waals surface area (Å²) in [6.07, 6.45) is 3.70. The second kappa shape index (κ2) is 6.32. The van der Waals surface area contributed by atoms with Gasteiger partial charge < -0.3 is 9.31 Å². The second-order valence-electron chi connectivity index (χ2n) is 3.74. The first kappa shape index (κ1) is 12.8. The molecule has 0 N–H and O–H groups in total. The molecule has 1 aliphatic heterocycles. The first-order valence-electron chi connectivity index (χ1n) is 5.36. The number of hydrogen-bond donors (Lipinski definition) is 0. The Balaban J connectivity index is 2.56. The van der Waals surface area contributed by atoms with Crippen LogP contribution >= 0.6 is 0 Å². The Kier molecular flexibility index (Phi) is 5.05. The van der Waals surface area contributed by atoms with Gasteiger partial charge in [0.05, 0.1) is 13.1 Å². The molecule has 0 saturated carbocycles. The third-order valence-electron chi connectivity index (χ3n) is 2.04. The lowest BCUT2D eigenvalue weighted by molar-refractivity contribution is -0.145. The van der Waals surface area contributed by atoms with Crippen LogP contribution in [0.4, 0.5) is 0 Å². The van der Waals surface area contributed by atoms with E-state index in [1.165, 1.54) is 0 Å². The number of carbonyl (C=O) groups excluding carboxylic acids is 2. The van der Waals surface area contributed by atoms with Crippen molar-refractivity contribution in [2.75, 3.05) is 20.1 Å². The molecule has 1 rings (SSSR count). The molecule has 16 heavy (non-hydrogen) atoms. The highest BCUT2D eigenvalue weighted by atomic mass is 16.6. The molecule has 0 aromatic carbocycles. The van der Waals surface area contributed by atoms with Gasteiger partial charge in [-0.3, -0.25) is 14.5 Å². The maximum atomic E-state index is 11.3. The Morgan fingerprint density at radius 2 is 1.88 bits per heavy atom. The summed E-state index contributed by atoms with van der Waals surface area (Å²) in [6, 6.07) is 0. The number of nitrogens with zero attached hydrogens (tertiary/aromatic N) is 1. The summed E-state index contributed by atoms with van der Waals surface area (Å²) in [7, 11) is 0.788. The molecule has 88 valence electrons. The fourth-order valence-corrected chi connectivity index (χ4v) is 1.31. The third kappa shape index (κ3) is 4.48. The number of hydrogen-bond acceptors (Lipinski definition) is 5. The van der Waals surface area contributed by atoms with E-state index >= 15 is 0 Å². The minimum atomic E-state index is -0.875. The summed E-state index contributed by atoms with van der Waals surface area (Å²) in [5.74, 6) is 0.826. The van der Waals surface area contributed by atoms with Crippen LogP contribution in [0.2, 0.25) is 0 Å². The van der Waals surface area contributed by atoms with Gasteiger partial charge in [0.25, 0.3) is 0 Å². The van der Waals surface area contributed by atoms with Gasteiger partial charge in [-0.05, 0) is 19.4 Å². The van der Waals surface area contributed by atoms with Gasteiger partial charge in [-0.2, -0.15) is 0 Å². The molecule has 0 aromatic heterocycles. The lowest BCUT2D eigenvalue weighted by Gasteiger charge is -2.21. The summed E-state index contributed by atoms with van der Waals surface area (Å²) >= 11 is 0. The smallest absolute Gasteiger partial charge is 0.495 e. The Hall–Kier alpha value is -1.30. The summed E-state index contributed by atoms with van der Waals surface area (Å²) in [5, 5.41) is 0. The van der Waals surface area contributed by atoms with Gasteiger partial charge in [0.1, 0.15) is 0 Å². The van der Waals surface area contributed by atoms with Crippen LogP contribution in [0.25, 0.3) is 0 Å². The molecular weight excluding hydrogens is 209 g/mol. The summed E-state index contributed by atoms with van der Waals surface area (Å²) in [5.41, 5.74) is 0. The van der Waals surface area contributed by atoms with Crippen LogP contribution in [0.5, 0.6) is 0 Å². The van der Waals surface area contributed by atoms with E-state index in [1.807, 2.05) is 13.0 Å². The third-order valence-corrected chi connectivity index (χ3v) is 2.04. The molecule has 0 amide bonds. The van der Waals surface area contributed by atoms with Gasteiger partial charge in [0, 0.05) is 0 Å². The first-order valence-corrected chi connectivity index (χ1v) is 5.36. The van der Waals surface area contributed by atoms with Crippen LogP contribution in [0.15, 0.2) is 12.1 Å². The normalized spacial score (nSPS) is 19.2. The van der Waals surface area contributed by atoms with Crippen molar-refractivity contribution in [2.24, 2.45) is 0 Å². The zero-order valence-electron chi connectivity index (χ0n) is 9.64. The Morgan fingerprint density at radius 3 is 2.38 bits per heavy atom. The first-order chi connectivity index (χ1) is 7.61. The molecule has 1 aliphatic rings. The van der Waals surface area contributed by atoms with Crippen molar-refractivity contribution in [3.63, 3.8) is 0 Å². The van der Waals surface area contributed by atoms with Crippen molar-refractivity contribution in [3.05, 3.63) is 12.1 Å². The number of rotatable bonds is 3. The SMILES string of the molecule is CCC/C=C/B1OC(=O)CN(C)CC(=O)O1. The van der Waals surface area contributed by atoms with Crippen molar-refractivity contribution in [3.8, 4) is 0 Å². The average Bonchev–Trinajstić information content (AvgIpc) is 2.14. The highest BCUT2D eigenvalue weighted by molar-refractivity contribution is 6.54. The van der Waals surface area contributed by atoms with E-state index in [2.05, 4.69) is 0 Å². The molecule has 5 nitrogen and oxygen atoms in total. The summed E-state index contributed by atoms with van der Waals surface area (Å²) < 4.78 is 9.94. The summed E-state index contributed by atoms with van der Waals surface area (Å²) in [4.78, 5) is 24.2. The molecular formula is C10H16BNO4. The summed E-state index contributed by atoms with van der Waals surface area (Å²) in [6.45, 7) is 2.25. The zero-order chi connectivity index (χ0) is 12.0. The number of unbranched alkanes of at least 4 members (excludes halogenated alkanes) is 1. The minimum Gasteiger partial charge on any atom is -0.495 e. The van der Waals surface area contributed by atoms with Gasteiger partial charge >= 0.3 is 19.1 Å². The van der Waals surface area contributed by atoms with E-state index in [0.717, 1.165) is 12.8 Å². The molecule has 0 unspecified atom stereocenters. The maximum absolute atomic E-state index is 11.3. The van der Waals surface area contributed by atoms with Crippen LogP contribution in [-0.4, -0.2) is 44.1 Å². The minimum absolute atomic E-state index is 0.104. The van der Waals surface area contributed by atoms with Crippen molar-refractivity contribution < 1.29 is 18.9 Å². The van der Waals surface area contributed by atoms with E-state index in [1.54, 1.807) is 17.9 Å². The van der Waals surface area contributed by atoms with E-state index in [-0.39, 0.29) is 25.0 Å². The molecule has 0 bridgehead atoms. The van der Waals surface area contributed by atoms with Crippen LogP contribution in [0.1, 0.15) is 19.8 Å². The van der Waals surface area contributed by atoms with Crippen LogP contribution in [-0.2, 0) is 18.9 Å². The average molecular weight is 225 g/mol. The van der Waals surface area contributed by atoms with E-state index in [0.29, 0.717) is 0 Å². The fourth-order valence-electron chi connectivity index (χ4n) is 1.31. The molecule has 1 fully saturated rings. The maximum Gasteiger partial charge on any atom is 0.628 e. The Labute approximate surface area is 95.5 Å². The molecule has 1 saturated heterocycles. The predicted octanol–water partition coefficient (Wildman–Crippen LogP) is 0.402.